The smallest absolute Gasteiger partial charge is 0.253 e. The molecule has 0 aliphatic heterocycles. The second-order valence-corrected chi connectivity index (χ2v) is 6.65. The number of hydrogen-bond acceptors (Lipinski definition) is 3. The SMILES string of the molecule is CN=C(NCc1ccc(C(=O)N(C)C)cc1)NCc1nccc2ccccc12. The number of carbonyl (C=O) groups excluding carboxylic acids is 1. The van der Waals surface area contributed by atoms with Crippen LogP contribution >= 0.6 is 0 Å². The van der Waals surface area contributed by atoms with Gasteiger partial charge in [0.25, 0.3) is 5.91 Å². The first kappa shape index (κ1) is 19.4. The van der Waals surface area contributed by atoms with Gasteiger partial charge in [0.2, 0.25) is 0 Å². The molecule has 2 N–H and O–H groups in total. The molecule has 6 nitrogen and oxygen atoms in total. The second kappa shape index (κ2) is 8.99. The molecule has 0 aliphatic carbocycles. The third kappa shape index (κ3) is 4.65. The minimum atomic E-state index is -0.000395. The molecule has 3 aromatic rings. The van der Waals surface area contributed by atoms with E-state index in [4.69, 9.17) is 0 Å². The molecule has 144 valence electrons. The van der Waals surface area contributed by atoms with Crippen molar-refractivity contribution in [2.24, 2.45) is 4.99 Å². The molecule has 6 heteroatoms. The van der Waals surface area contributed by atoms with Gasteiger partial charge < -0.3 is 15.5 Å². The summed E-state index contributed by atoms with van der Waals surface area (Å²) in [7, 11) is 5.24. The van der Waals surface area contributed by atoms with Crippen LogP contribution in [-0.4, -0.2) is 42.9 Å². The average Bonchev–Trinajstić information content (AvgIpc) is 2.73. The van der Waals surface area contributed by atoms with Crippen molar-refractivity contribution >= 4 is 22.6 Å². The number of aliphatic imine (C=N–C) groups is 1. The Morgan fingerprint density at radius 3 is 2.43 bits per heavy atom. The van der Waals surface area contributed by atoms with E-state index in [-0.39, 0.29) is 5.91 Å². The van der Waals surface area contributed by atoms with E-state index in [0.29, 0.717) is 24.6 Å². The lowest BCUT2D eigenvalue weighted by molar-refractivity contribution is 0.0827. The first-order valence-electron chi connectivity index (χ1n) is 9.16. The molecule has 0 unspecified atom stereocenters. The van der Waals surface area contributed by atoms with Gasteiger partial charge in [-0.2, -0.15) is 0 Å². The van der Waals surface area contributed by atoms with Gasteiger partial charge in [0.15, 0.2) is 5.96 Å². The van der Waals surface area contributed by atoms with Crippen molar-refractivity contribution in [3.8, 4) is 0 Å². The number of nitrogens with zero attached hydrogens (tertiary/aromatic N) is 3. The topological polar surface area (TPSA) is 69.6 Å². The number of benzene rings is 2. The van der Waals surface area contributed by atoms with Crippen LogP contribution in [0.5, 0.6) is 0 Å². The second-order valence-electron chi connectivity index (χ2n) is 6.65. The molecule has 1 aromatic heterocycles. The standard InChI is InChI=1S/C22H25N5O/c1-23-22(25-14-16-8-10-18(11-9-16)21(28)27(2)3)26-15-20-19-7-5-4-6-17(19)12-13-24-20/h4-13H,14-15H2,1-3H3,(H2,23,25,26). The van der Waals surface area contributed by atoms with Crippen molar-refractivity contribution < 1.29 is 4.79 Å². The molecule has 0 saturated carbocycles. The maximum Gasteiger partial charge on any atom is 0.253 e. The maximum absolute atomic E-state index is 12.0. The largest absolute Gasteiger partial charge is 0.352 e. The number of carbonyl (C=O) groups is 1. The van der Waals surface area contributed by atoms with Crippen molar-refractivity contribution in [1.82, 2.24) is 20.5 Å². The van der Waals surface area contributed by atoms with E-state index >= 15 is 0 Å². The van der Waals surface area contributed by atoms with Crippen LogP contribution in [0.2, 0.25) is 0 Å². The van der Waals surface area contributed by atoms with Crippen LogP contribution in [0, 0.1) is 0 Å². The normalized spacial score (nSPS) is 11.3. The summed E-state index contributed by atoms with van der Waals surface area (Å²) in [5.74, 6) is 0.697. The van der Waals surface area contributed by atoms with Gasteiger partial charge in [-0.1, -0.05) is 36.4 Å². The third-order valence-corrected chi connectivity index (χ3v) is 4.47. The highest BCUT2D eigenvalue weighted by molar-refractivity contribution is 5.93. The van der Waals surface area contributed by atoms with Gasteiger partial charge in [0, 0.05) is 44.8 Å². The van der Waals surface area contributed by atoms with Gasteiger partial charge in [0.05, 0.1) is 12.2 Å². The number of hydrogen-bond donors (Lipinski definition) is 2. The summed E-state index contributed by atoms with van der Waals surface area (Å²) in [6, 6.07) is 17.8. The Kier molecular flexibility index (Phi) is 6.22. The number of fused-ring (bicyclic) bond motifs is 1. The molecule has 3 rings (SSSR count). The quantitative estimate of drug-likeness (QED) is 0.531. The number of pyridine rings is 1. The lowest BCUT2D eigenvalue weighted by Crippen LogP contribution is -2.36. The highest BCUT2D eigenvalue weighted by atomic mass is 16.2. The molecule has 0 spiro atoms. The molecule has 0 aliphatic rings. The number of amides is 1. The summed E-state index contributed by atoms with van der Waals surface area (Å²) in [5, 5.41) is 8.90. The average molecular weight is 375 g/mol. The van der Waals surface area contributed by atoms with E-state index in [1.807, 2.05) is 48.7 Å². The fourth-order valence-electron chi connectivity index (χ4n) is 2.92. The summed E-state index contributed by atoms with van der Waals surface area (Å²) in [4.78, 5) is 22.3. The maximum atomic E-state index is 12.0. The van der Waals surface area contributed by atoms with E-state index in [0.717, 1.165) is 16.6 Å². The first-order valence-corrected chi connectivity index (χ1v) is 9.16. The molecular formula is C22H25N5O. The summed E-state index contributed by atoms with van der Waals surface area (Å²) in [5.41, 5.74) is 2.73. The summed E-state index contributed by atoms with van der Waals surface area (Å²) in [6.07, 6.45) is 1.83. The van der Waals surface area contributed by atoms with Crippen LogP contribution in [-0.2, 0) is 13.1 Å². The van der Waals surface area contributed by atoms with Gasteiger partial charge in [0.1, 0.15) is 0 Å². The zero-order valence-corrected chi connectivity index (χ0v) is 16.4. The van der Waals surface area contributed by atoms with Crippen LogP contribution in [0.25, 0.3) is 10.8 Å². The predicted octanol–water partition coefficient (Wildman–Crippen LogP) is 2.80. The fraction of sp³-hybridized carbons (Fsp3) is 0.227. The predicted molar refractivity (Wildman–Crippen MR) is 113 cm³/mol. The van der Waals surface area contributed by atoms with Crippen molar-refractivity contribution in [3.63, 3.8) is 0 Å². The Hall–Kier alpha value is -3.41. The molecule has 0 bridgehead atoms. The minimum Gasteiger partial charge on any atom is -0.352 e. The van der Waals surface area contributed by atoms with Crippen LogP contribution in [0.4, 0.5) is 0 Å². The monoisotopic (exact) mass is 375 g/mol. The highest BCUT2D eigenvalue weighted by Crippen LogP contribution is 2.15. The molecular weight excluding hydrogens is 350 g/mol. The zero-order valence-electron chi connectivity index (χ0n) is 16.4. The van der Waals surface area contributed by atoms with E-state index in [9.17, 15) is 4.79 Å². The van der Waals surface area contributed by atoms with E-state index in [1.165, 1.54) is 5.39 Å². The van der Waals surface area contributed by atoms with Crippen molar-refractivity contribution in [2.45, 2.75) is 13.1 Å². The highest BCUT2D eigenvalue weighted by Gasteiger charge is 2.08. The van der Waals surface area contributed by atoms with Gasteiger partial charge in [-0.25, -0.2) is 0 Å². The van der Waals surface area contributed by atoms with E-state index in [1.54, 1.807) is 26.0 Å². The lowest BCUT2D eigenvalue weighted by atomic mass is 10.1. The lowest BCUT2D eigenvalue weighted by Gasteiger charge is -2.13. The number of guanidine groups is 1. The summed E-state index contributed by atoms with van der Waals surface area (Å²) >= 11 is 0. The summed E-state index contributed by atoms with van der Waals surface area (Å²) < 4.78 is 0. The fourth-order valence-corrected chi connectivity index (χ4v) is 2.92. The van der Waals surface area contributed by atoms with Gasteiger partial charge in [-0.15, -0.1) is 0 Å². The molecule has 1 amide bonds. The van der Waals surface area contributed by atoms with Crippen molar-refractivity contribution in [3.05, 3.63) is 77.6 Å². The van der Waals surface area contributed by atoms with Gasteiger partial charge in [-0.3, -0.25) is 14.8 Å². The zero-order chi connectivity index (χ0) is 19.9. The first-order chi connectivity index (χ1) is 13.6. The molecule has 28 heavy (non-hydrogen) atoms. The molecule has 0 saturated heterocycles. The van der Waals surface area contributed by atoms with Gasteiger partial charge in [-0.05, 0) is 29.1 Å². The van der Waals surface area contributed by atoms with E-state index in [2.05, 4.69) is 32.7 Å². The Morgan fingerprint density at radius 1 is 1.00 bits per heavy atom. The number of nitrogens with one attached hydrogen (secondary N) is 2. The molecule has 0 atom stereocenters. The van der Waals surface area contributed by atoms with E-state index < -0.39 is 0 Å². The Balaban J connectivity index is 1.58. The number of aromatic nitrogens is 1. The molecule has 1 heterocycles. The summed E-state index contributed by atoms with van der Waals surface area (Å²) in [6.45, 7) is 1.19. The van der Waals surface area contributed by atoms with Crippen molar-refractivity contribution in [1.29, 1.82) is 0 Å². The molecule has 0 radical (unpaired) electrons. The third-order valence-electron chi connectivity index (χ3n) is 4.47. The Bertz CT molecular complexity index is 974. The van der Waals surface area contributed by atoms with Crippen LogP contribution in [0.15, 0.2) is 65.8 Å². The molecule has 0 fully saturated rings. The Morgan fingerprint density at radius 2 is 1.71 bits per heavy atom. The van der Waals surface area contributed by atoms with Gasteiger partial charge >= 0.3 is 0 Å². The number of rotatable bonds is 5. The Labute approximate surface area is 165 Å². The van der Waals surface area contributed by atoms with Crippen LogP contribution in [0.3, 0.4) is 0 Å². The van der Waals surface area contributed by atoms with Crippen LogP contribution in [0.1, 0.15) is 21.6 Å². The molecule has 2 aromatic carbocycles. The minimum absolute atomic E-state index is 0.000395. The van der Waals surface area contributed by atoms with Crippen molar-refractivity contribution in [2.75, 3.05) is 21.1 Å². The van der Waals surface area contributed by atoms with Crippen LogP contribution < -0.4 is 10.6 Å².